The lowest BCUT2D eigenvalue weighted by molar-refractivity contribution is -0.125. The van der Waals surface area contributed by atoms with Gasteiger partial charge in [0.15, 0.2) is 5.78 Å². The molecular formula is C24H27FO2. The summed E-state index contributed by atoms with van der Waals surface area (Å²) in [5.74, 6) is 0.265. The van der Waals surface area contributed by atoms with Crippen LogP contribution in [0.3, 0.4) is 0 Å². The van der Waals surface area contributed by atoms with Crippen LogP contribution in [0.2, 0.25) is 0 Å². The predicted octanol–water partition coefficient (Wildman–Crippen LogP) is 5.18. The highest BCUT2D eigenvalue weighted by Crippen LogP contribution is 2.80. The largest absolute Gasteiger partial charge is 0.497 e. The van der Waals surface area contributed by atoms with Crippen LogP contribution in [0.4, 0.5) is 4.39 Å². The van der Waals surface area contributed by atoms with E-state index >= 15 is 4.39 Å². The van der Waals surface area contributed by atoms with Crippen molar-refractivity contribution in [1.29, 1.82) is 0 Å². The number of allylic oxidation sites excluding steroid dienone is 4. The van der Waals surface area contributed by atoms with E-state index in [4.69, 9.17) is 4.74 Å². The van der Waals surface area contributed by atoms with Crippen LogP contribution in [0.25, 0.3) is 0 Å². The molecule has 1 aromatic carbocycles. The van der Waals surface area contributed by atoms with Crippen molar-refractivity contribution < 1.29 is 13.9 Å². The number of carbonyl (C=O) groups is 1. The van der Waals surface area contributed by atoms with Gasteiger partial charge in [-0.1, -0.05) is 44.1 Å². The second-order valence-electron chi connectivity index (χ2n) is 9.35. The number of alkyl halides is 1. The number of ether oxygens (including phenoxy) is 1. The first kappa shape index (κ1) is 17.2. The molecule has 2 bridgehead atoms. The number of carbonyl (C=O) groups excluding carboxylic acids is 1. The fraction of sp³-hybridized carbons (Fsp3) is 0.542. The second kappa shape index (κ2) is 5.12. The molecule has 0 heterocycles. The number of benzene rings is 1. The van der Waals surface area contributed by atoms with Gasteiger partial charge in [-0.3, -0.25) is 4.79 Å². The minimum absolute atomic E-state index is 0.0882. The van der Waals surface area contributed by atoms with E-state index in [0.717, 1.165) is 37.0 Å². The Morgan fingerprint density at radius 3 is 2.44 bits per heavy atom. The first-order valence-corrected chi connectivity index (χ1v) is 10.1. The maximum Gasteiger partial charge on any atom is 0.160 e. The normalized spacial score (nSPS) is 47.0. The summed E-state index contributed by atoms with van der Waals surface area (Å²) in [6.45, 7) is 3.99. The van der Waals surface area contributed by atoms with Gasteiger partial charge in [0.1, 0.15) is 11.4 Å². The van der Waals surface area contributed by atoms with Crippen molar-refractivity contribution in [2.45, 2.75) is 50.6 Å². The Bertz CT molecular complexity index is 867. The molecule has 6 atom stereocenters. The lowest BCUT2D eigenvalue weighted by Gasteiger charge is -2.51. The Labute approximate surface area is 160 Å². The lowest BCUT2D eigenvalue weighted by atomic mass is 9.52. The first-order chi connectivity index (χ1) is 12.8. The van der Waals surface area contributed by atoms with Gasteiger partial charge in [0.05, 0.1) is 7.11 Å². The summed E-state index contributed by atoms with van der Waals surface area (Å²) in [5, 5.41) is 0. The molecule has 2 nitrogen and oxygen atoms in total. The van der Waals surface area contributed by atoms with E-state index in [-0.39, 0.29) is 28.4 Å². The van der Waals surface area contributed by atoms with E-state index in [1.807, 2.05) is 12.1 Å². The number of methoxy groups -OCH3 is 1. The van der Waals surface area contributed by atoms with Crippen LogP contribution in [-0.4, -0.2) is 18.6 Å². The van der Waals surface area contributed by atoms with Gasteiger partial charge in [-0.15, -0.1) is 0 Å². The van der Waals surface area contributed by atoms with Crippen molar-refractivity contribution in [1.82, 2.24) is 0 Å². The number of ketones is 1. The molecule has 4 aliphatic carbocycles. The maximum atomic E-state index is 15.9. The summed E-state index contributed by atoms with van der Waals surface area (Å²) in [7, 11) is 1.66. The fourth-order valence-electron chi connectivity index (χ4n) is 7.47. The third kappa shape index (κ3) is 1.75. The average molecular weight is 366 g/mol. The van der Waals surface area contributed by atoms with Crippen molar-refractivity contribution in [3.05, 3.63) is 54.1 Å². The molecule has 27 heavy (non-hydrogen) atoms. The van der Waals surface area contributed by atoms with Gasteiger partial charge in [-0.2, -0.15) is 0 Å². The van der Waals surface area contributed by atoms with Crippen molar-refractivity contribution in [2.24, 2.45) is 22.7 Å². The number of hydrogen-bond acceptors (Lipinski definition) is 2. The Morgan fingerprint density at radius 2 is 1.74 bits per heavy atom. The SMILES string of the molecule is COc1ccc([C@@]23C=C[C@]4(CCCC[C@@]42C)[C@@H]2[C@H]3C(=O)C=C[C@]2(C)F)cc1. The molecule has 0 radical (unpaired) electrons. The van der Waals surface area contributed by atoms with E-state index < -0.39 is 11.1 Å². The van der Waals surface area contributed by atoms with Gasteiger partial charge in [-0.25, -0.2) is 4.39 Å². The van der Waals surface area contributed by atoms with E-state index in [2.05, 4.69) is 31.2 Å². The molecule has 0 unspecified atom stereocenters. The highest BCUT2D eigenvalue weighted by molar-refractivity contribution is 5.96. The Hall–Kier alpha value is -1.90. The summed E-state index contributed by atoms with van der Waals surface area (Å²) >= 11 is 0. The van der Waals surface area contributed by atoms with Gasteiger partial charge in [-0.05, 0) is 55.0 Å². The lowest BCUT2D eigenvalue weighted by Crippen LogP contribution is -2.50. The molecule has 1 aromatic rings. The van der Waals surface area contributed by atoms with Gasteiger partial charge < -0.3 is 4.74 Å². The number of rotatable bonds is 2. The summed E-state index contributed by atoms with van der Waals surface area (Å²) in [6.07, 6.45) is 11.8. The van der Waals surface area contributed by atoms with Crippen molar-refractivity contribution >= 4 is 5.78 Å². The van der Waals surface area contributed by atoms with E-state index in [1.165, 1.54) is 12.2 Å². The molecule has 4 aliphatic rings. The molecule has 0 aliphatic heterocycles. The summed E-state index contributed by atoms with van der Waals surface area (Å²) in [4.78, 5) is 13.2. The van der Waals surface area contributed by atoms with Crippen LogP contribution in [0.5, 0.6) is 5.75 Å². The number of hydrogen-bond donors (Lipinski definition) is 0. The molecule has 2 saturated carbocycles. The predicted molar refractivity (Wildman–Crippen MR) is 103 cm³/mol. The molecule has 0 spiro atoms. The Morgan fingerprint density at radius 1 is 1.04 bits per heavy atom. The van der Waals surface area contributed by atoms with Crippen LogP contribution in [0.1, 0.15) is 45.1 Å². The molecule has 0 amide bonds. The van der Waals surface area contributed by atoms with Crippen LogP contribution in [-0.2, 0) is 10.2 Å². The quantitative estimate of drug-likeness (QED) is 0.674. The topological polar surface area (TPSA) is 26.3 Å². The van der Waals surface area contributed by atoms with E-state index in [9.17, 15) is 4.79 Å². The highest BCUT2D eigenvalue weighted by atomic mass is 19.1. The average Bonchev–Trinajstić information content (AvgIpc) is 3.06. The molecule has 5 rings (SSSR count). The van der Waals surface area contributed by atoms with Crippen LogP contribution < -0.4 is 4.74 Å². The number of fused-ring (bicyclic) bond motifs is 2. The minimum atomic E-state index is -1.46. The van der Waals surface area contributed by atoms with Crippen LogP contribution in [0, 0.1) is 22.7 Å². The standard InChI is InChI=1S/C24H27FO2/c1-21(25)13-10-18(26)19-20(21)23-12-5-4-11-22(23,2)24(19,15-14-23)16-6-8-17(27-3)9-7-16/h6-10,13-15,19-20H,4-5,11-12H2,1-3H3/t19-,20-,21+,22+,23-,24-/m1/s1. The minimum Gasteiger partial charge on any atom is -0.497 e. The summed E-state index contributed by atoms with van der Waals surface area (Å²) in [6, 6.07) is 8.11. The van der Waals surface area contributed by atoms with E-state index in [0.29, 0.717) is 0 Å². The van der Waals surface area contributed by atoms with Crippen molar-refractivity contribution in [2.75, 3.05) is 7.11 Å². The first-order valence-electron chi connectivity index (χ1n) is 10.1. The molecule has 0 aromatic heterocycles. The Balaban J connectivity index is 1.80. The monoisotopic (exact) mass is 366 g/mol. The second-order valence-corrected chi connectivity index (χ2v) is 9.35. The number of halogens is 1. The van der Waals surface area contributed by atoms with Gasteiger partial charge in [0, 0.05) is 22.7 Å². The summed E-state index contributed by atoms with van der Waals surface area (Å²) in [5.41, 5.74) is -1.18. The zero-order valence-corrected chi connectivity index (χ0v) is 16.3. The molecule has 3 heteroatoms. The smallest absolute Gasteiger partial charge is 0.160 e. The van der Waals surface area contributed by atoms with Crippen molar-refractivity contribution in [3.63, 3.8) is 0 Å². The third-order valence-corrected chi connectivity index (χ3v) is 8.54. The van der Waals surface area contributed by atoms with Crippen LogP contribution in [0.15, 0.2) is 48.6 Å². The molecular weight excluding hydrogens is 339 g/mol. The molecule has 0 saturated heterocycles. The zero-order valence-electron chi connectivity index (χ0n) is 16.3. The highest BCUT2D eigenvalue weighted by Gasteiger charge is 2.79. The van der Waals surface area contributed by atoms with Gasteiger partial charge in [0.25, 0.3) is 0 Å². The Kier molecular flexibility index (Phi) is 3.27. The maximum absolute atomic E-state index is 15.9. The van der Waals surface area contributed by atoms with Gasteiger partial charge >= 0.3 is 0 Å². The van der Waals surface area contributed by atoms with Crippen molar-refractivity contribution in [3.8, 4) is 5.75 Å². The fourth-order valence-corrected chi connectivity index (χ4v) is 7.47. The van der Waals surface area contributed by atoms with Gasteiger partial charge in [0.2, 0.25) is 0 Å². The molecule has 2 fully saturated rings. The third-order valence-electron chi connectivity index (χ3n) is 8.54. The summed E-state index contributed by atoms with van der Waals surface area (Å²) < 4.78 is 21.2. The molecule has 142 valence electrons. The van der Waals surface area contributed by atoms with Crippen LogP contribution >= 0.6 is 0 Å². The zero-order chi connectivity index (χ0) is 19.1. The molecule has 0 N–H and O–H groups in total. The van der Waals surface area contributed by atoms with E-state index in [1.54, 1.807) is 14.0 Å².